The number of carbonyl (C=O) groups is 1. The molecule has 0 spiro atoms. The zero-order valence-corrected chi connectivity index (χ0v) is 11.8. The molecule has 0 atom stereocenters. The van der Waals surface area contributed by atoms with Crippen LogP contribution in [0.5, 0.6) is 5.75 Å². The number of rotatable bonds is 3. The van der Waals surface area contributed by atoms with Crippen molar-refractivity contribution in [3.05, 3.63) is 22.7 Å². The van der Waals surface area contributed by atoms with Gasteiger partial charge < -0.3 is 15.0 Å². The fourth-order valence-electron chi connectivity index (χ4n) is 1.28. The number of methoxy groups -OCH3 is 1. The molecule has 1 N–H and O–H groups in total. The van der Waals surface area contributed by atoms with E-state index >= 15 is 0 Å². The smallest absolute Gasteiger partial charge is 0.406 e. The second-order valence-corrected chi connectivity index (χ2v) is 4.60. The summed E-state index contributed by atoms with van der Waals surface area (Å²) in [5.41, 5.74) is 0.361. The van der Waals surface area contributed by atoms with Crippen molar-refractivity contribution in [1.29, 1.82) is 0 Å². The van der Waals surface area contributed by atoms with E-state index in [-0.39, 0.29) is 0 Å². The highest BCUT2D eigenvalue weighted by Crippen LogP contribution is 2.27. The molecule has 0 heterocycles. The average Bonchev–Trinajstić information content (AvgIpc) is 2.29. The summed E-state index contributed by atoms with van der Waals surface area (Å²) in [4.78, 5) is 12.1. The predicted octanol–water partition coefficient (Wildman–Crippen LogP) is 3.48. The number of alkyl halides is 3. The molecule has 1 aromatic carbocycles. The molecule has 8 heteroatoms. The number of ether oxygens (including phenoxy) is 1. The maximum atomic E-state index is 12.1. The SMILES string of the molecule is COc1ccc(NC(=O)N(C)CC(F)(F)F)c(Br)c1. The Morgan fingerprint density at radius 1 is 1.47 bits per heavy atom. The molecule has 1 rings (SSSR count). The van der Waals surface area contributed by atoms with Gasteiger partial charge in [0.2, 0.25) is 0 Å². The van der Waals surface area contributed by atoms with E-state index in [0.29, 0.717) is 20.8 Å². The Hall–Kier alpha value is -1.44. The maximum Gasteiger partial charge on any atom is 0.406 e. The van der Waals surface area contributed by atoms with Gasteiger partial charge in [0.05, 0.1) is 12.8 Å². The van der Waals surface area contributed by atoms with Crippen LogP contribution in [0.3, 0.4) is 0 Å². The Kier molecular flexibility index (Phi) is 5.04. The summed E-state index contributed by atoms with van der Waals surface area (Å²) in [6.07, 6.45) is -4.43. The van der Waals surface area contributed by atoms with Crippen LogP contribution in [-0.4, -0.2) is 37.8 Å². The Morgan fingerprint density at radius 3 is 2.58 bits per heavy atom. The van der Waals surface area contributed by atoms with Crippen LogP contribution in [0.15, 0.2) is 22.7 Å². The maximum absolute atomic E-state index is 12.1. The summed E-state index contributed by atoms with van der Waals surface area (Å²) in [6.45, 7) is -1.31. The molecule has 0 aliphatic heterocycles. The van der Waals surface area contributed by atoms with Gasteiger partial charge in [-0.25, -0.2) is 4.79 Å². The predicted molar refractivity (Wildman–Crippen MR) is 68.4 cm³/mol. The molecule has 0 aromatic heterocycles. The number of anilines is 1. The number of benzene rings is 1. The van der Waals surface area contributed by atoms with Crippen molar-refractivity contribution < 1.29 is 22.7 Å². The van der Waals surface area contributed by atoms with Crippen LogP contribution < -0.4 is 10.1 Å². The first kappa shape index (κ1) is 15.6. The second-order valence-electron chi connectivity index (χ2n) is 3.75. The Labute approximate surface area is 116 Å². The fraction of sp³-hybridized carbons (Fsp3) is 0.364. The molecule has 0 saturated heterocycles. The molecule has 0 radical (unpaired) electrons. The van der Waals surface area contributed by atoms with Crippen LogP contribution in [0.25, 0.3) is 0 Å². The minimum Gasteiger partial charge on any atom is -0.497 e. The van der Waals surface area contributed by atoms with Gasteiger partial charge in [0.1, 0.15) is 12.3 Å². The number of hydrogen-bond acceptors (Lipinski definition) is 2. The van der Waals surface area contributed by atoms with E-state index in [0.717, 1.165) is 7.05 Å². The number of amides is 2. The molecule has 0 saturated carbocycles. The first-order chi connectivity index (χ1) is 8.73. The zero-order valence-electron chi connectivity index (χ0n) is 10.2. The van der Waals surface area contributed by atoms with Crippen LogP contribution in [-0.2, 0) is 0 Å². The minimum atomic E-state index is -4.43. The van der Waals surface area contributed by atoms with Gasteiger partial charge in [-0.3, -0.25) is 0 Å². The largest absolute Gasteiger partial charge is 0.497 e. The monoisotopic (exact) mass is 340 g/mol. The fourth-order valence-corrected chi connectivity index (χ4v) is 1.73. The van der Waals surface area contributed by atoms with Crippen molar-refractivity contribution in [2.75, 3.05) is 26.0 Å². The lowest BCUT2D eigenvalue weighted by atomic mass is 10.3. The zero-order chi connectivity index (χ0) is 14.6. The summed E-state index contributed by atoms with van der Waals surface area (Å²) in [6, 6.07) is 3.87. The van der Waals surface area contributed by atoms with E-state index < -0.39 is 18.8 Å². The first-order valence-corrected chi connectivity index (χ1v) is 5.94. The molecule has 0 unspecified atom stereocenters. The van der Waals surface area contributed by atoms with E-state index in [9.17, 15) is 18.0 Å². The van der Waals surface area contributed by atoms with Crippen molar-refractivity contribution in [3.63, 3.8) is 0 Å². The third-order valence-electron chi connectivity index (χ3n) is 2.18. The lowest BCUT2D eigenvalue weighted by molar-refractivity contribution is -0.137. The van der Waals surface area contributed by atoms with Crippen LogP contribution >= 0.6 is 15.9 Å². The Morgan fingerprint density at radius 2 is 2.11 bits per heavy atom. The van der Waals surface area contributed by atoms with Crippen molar-refractivity contribution in [1.82, 2.24) is 4.90 Å². The van der Waals surface area contributed by atoms with Crippen LogP contribution in [0.4, 0.5) is 23.7 Å². The van der Waals surface area contributed by atoms with Gasteiger partial charge >= 0.3 is 12.2 Å². The lowest BCUT2D eigenvalue weighted by Crippen LogP contribution is -2.38. The second kappa shape index (κ2) is 6.14. The Bertz CT molecular complexity index is 466. The highest BCUT2D eigenvalue weighted by atomic mass is 79.9. The molecule has 4 nitrogen and oxygen atoms in total. The minimum absolute atomic E-state index is 0.361. The van der Waals surface area contributed by atoms with Gasteiger partial charge in [-0.1, -0.05) is 0 Å². The summed E-state index contributed by atoms with van der Waals surface area (Å²) in [5, 5.41) is 2.37. The van der Waals surface area contributed by atoms with Gasteiger partial charge in [0.25, 0.3) is 0 Å². The van der Waals surface area contributed by atoms with Gasteiger partial charge in [-0.15, -0.1) is 0 Å². The molecule has 0 aliphatic carbocycles. The van der Waals surface area contributed by atoms with E-state index in [4.69, 9.17) is 4.74 Å². The molecule has 19 heavy (non-hydrogen) atoms. The molecule has 0 bridgehead atoms. The number of hydrogen-bond donors (Lipinski definition) is 1. The van der Waals surface area contributed by atoms with E-state index in [1.54, 1.807) is 12.1 Å². The standard InChI is InChI=1S/C11H12BrF3N2O2/c1-17(6-11(13,14)15)10(18)16-9-4-3-7(19-2)5-8(9)12/h3-5H,6H2,1-2H3,(H,16,18). The number of nitrogens with zero attached hydrogens (tertiary/aromatic N) is 1. The molecule has 106 valence electrons. The third kappa shape index (κ3) is 4.98. The molecule has 1 aromatic rings. The number of carbonyl (C=O) groups excluding carboxylic acids is 1. The summed E-state index contributed by atoms with van der Waals surface area (Å²) < 4.78 is 41.9. The molecular formula is C11H12BrF3N2O2. The normalized spacial score (nSPS) is 11.1. The van der Waals surface area contributed by atoms with Gasteiger partial charge in [-0.2, -0.15) is 13.2 Å². The molecular weight excluding hydrogens is 329 g/mol. The summed E-state index contributed by atoms with van der Waals surface area (Å²) in [5.74, 6) is 0.563. The van der Waals surface area contributed by atoms with Crippen LogP contribution in [0, 0.1) is 0 Å². The first-order valence-electron chi connectivity index (χ1n) is 5.15. The lowest BCUT2D eigenvalue weighted by Gasteiger charge is -2.20. The van der Waals surface area contributed by atoms with Gasteiger partial charge in [0, 0.05) is 11.5 Å². The van der Waals surface area contributed by atoms with Crippen molar-refractivity contribution in [2.45, 2.75) is 6.18 Å². The summed E-state index contributed by atoms with van der Waals surface area (Å²) >= 11 is 3.19. The van der Waals surface area contributed by atoms with Crippen LogP contribution in [0.1, 0.15) is 0 Å². The highest BCUT2D eigenvalue weighted by molar-refractivity contribution is 9.10. The number of urea groups is 1. The Balaban J connectivity index is 2.72. The van der Waals surface area contributed by atoms with Gasteiger partial charge in [0.15, 0.2) is 0 Å². The quantitative estimate of drug-likeness (QED) is 0.915. The molecule has 0 fully saturated rings. The average molecular weight is 341 g/mol. The third-order valence-corrected chi connectivity index (χ3v) is 2.84. The topological polar surface area (TPSA) is 41.6 Å². The molecule has 2 amide bonds. The summed E-state index contributed by atoms with van der Waals surface area (Å²) in [7, 11) is 2.55. The van der Waals surface area contributed by atoms with Crippen molar-refractivity contribution in [3.8, 4) is 5.75 Å². The number of nitrogens with one attached hydrogen (secondary N) is 1. The highest BCUT2D eigenvalue weighted by Gasteiger charge is 2.31. The van der Waals surface area contributed by atoms with Crippen LogP contribution in [0.2, 0.25) is 0 Å². The molecule has 0 aliphatic rings. The van der Waals surface area contributed by atoms with E-state index in [2.05, 4.69) is 21.2 Å². The van der Waals surface area contributed by atoms with E-state index in [1.807, 2.05) is 0 Å². The van der Waals surface area contributed by atoms with Crippen molar-refractivity contribution >= 4 is 27.6 Å². The van der Waals surface area contributed by atoms with Gasteiger partial charge in [-0.05, 0) is 34.1 Å². The number of halogens is 4. The van der Waals surface area contributed by atoms with Crippen molar-refractivity contribution in [2.24, 2.45) is 0 Å². The van der Waals surface area contributed by atoms with E-state index in [1.165, 1.54) is 13.2 Å².